The van der Waals surface area contributed by atoms with Gasteiger partial charge in [-0.15, -0.1) is 11.6 Å². The lowest BCUT2D eigenvalue weighted by molar-refractivity contribution is -0.119. The van der Waals surface area contributed by atoms with Gasteiger partial charge in [0.1, 0.15) is 5.88 Å². The fraction of sp³-hybridized carbons (Fsp3) is 0.588. The van der Waals surface area contributed by atoms with Crippen LogP contribution in [0.4, 0.5) is 0 Å². The molecule has 0 aromatic heterocycles. The van der Waals surface area contributed by atoms with Crippen LogP contribution in [0.3, 0.4) is 0 Å². The van der Waals surface area contributed by atoms with E-state index in [1.54, 1.807) is 0 Å². The number of benzene rings is 1. The molecule has 0 spiro atoms. The van der Waals surface area contributed by atoms with E-state index in [-0.39, 0.29) is 17.7 Å². The standard InChI is InChI=1S/C17H25BClNO3/c1-12-6-8-13(9-7-12)10-14(20-15(21)11-19)18-22-16(2,3)17(4,5)23-18/h6-9,14H,10-11H2,1-5H3,(H,20,21)/t14-/m0/s1. The van der Waals surface area contributed by atoms with Crippen LogP contribution in [0.25, 0.3) is 0 Å². The maximum atomic E-state index is 11.8. The largest absolute Gasteiger partial charge is 0.482 e. The van der Waals surface area contributed by atoms with Crippen LogP contribution in [-0.4, -0.2) is 36.0 Å². The molecule has 1 saturated heterocycles. The van der Waals surface area contributed by atoms with Crippen molar-refractivity contribution in [3.8, 4) is 0 Å². The number of hydrogen-bond donors (Lipinski definition) is 1. The van der Waals surface area contributed by atoms with Gasteiger partial charge in [0.2, 0.25) is 5.91 Å². The van der Waals surface area contributed by atoms with Gasteiger partial charge < -0.3 is 14.6 Å². The average Bonchev–Trinajstić information content (AvgIpc) is 2.69. The van der Waals surface area contributed by atoms with E-state index in [4.69, 9.17) is 20.9 Å². The number of carbonyl (C=O) groups excluding carboxylic acids is 1. The van der Waals surface area contributed by atoms with Crippen molar-refractivity contribution >= 4 is 24.6 Å². The van der Waals surface area contributed by atoms with Crippen LogP contribution in [-0.2, 0) is 20.5 Å². The predicted octanol–water partition coefficient (Wildman–Crippen LogP) is 2.89. The van der Waals surface area contributed by atoms with Crippen LogP contribution in [0.2, 0.25) is 0 Å². The maximum absolute atomic E-state index is 11.8. The Bertz CT molecular complexity index is 543. The second-order valence-electron chi connectivity index (χ2n) is 7.12. The molecule has 1 heterocycles. The lowest BCUT2D eigenvalue weighted by atomic mass is 9.74. The van der Waals surface area contributed by atoms with E-state index in [1.807, 2.05) is 34.6 Å². The summed E-state index contributed by atoms with van der Waals surface area (Å²) in [6.07, 6.45) is 0.625. The fourth-order valence-electron chi connectivity index (χ4n) is 2.49. The number of hydrogen-bond acceptors (Lipinski definition) is 3. The van der Waals surface area contributed by atoms with Crippen LogP contribution in [0.15, 0.2) is 24.3 Å². The van der Waals surface area contributed by atoms with Crippen molar-refractivity contribution < 1.29 is 14.1 Å². The van der Waals surface area contributed by atoms with Crippen LogP contribution < -0.4 is 5.32 Å². The second kappa shape index (κ2) is 6.84. The number of nitrogens with one attached hydrogen (secondary N) is 1. The highest BCUT2D eigenvalue weighted by Crippen LogP contribution is 2.37. The van der Waals surface area contributed by atoms with E-state index in [1.165, 1.54) is 5.56 Å². The molecule has 0 aliphatic carbocycles. The predicted molar refractivity (Wildman–Crippen MR) is 93.6 cm³/mol. The van der Waals surface area contributed by atoms with E-state index in [0.29, 0.717) is 6.42 Å². The SMILES string of the molecule is Cc1ccc(C[C@H](NC(=O)CCl)B2OC(C)(C)C(C)(C)O2)cc1. The van der Waals surface area contributed by atoms with Crippen LogP contribution in [0.1, 0.15) is 38.8 Å². The Morgan fingerprint density at radius 1 is 1.17 bits per heavy atom. The smallest absolute Gasteiger partial charge is 0.402 e. The third-order valence-corrected chi connectivity index (χ3v) is 4.89. The quantitative estimate of drug-likeness (QED) is 0.664. The first-order valence-electron chi connectivity index (χ1n) is 7.91. The third kappa shape index (κ3) is 4.28. The number of alkyl halides is 1. The summed E-state index contributed by atoms with van der Waals surface area (Å²) in [5.41, 5.74) is 1.44. The Morgan fingerprint density at radius 2 is 1.70 bits per heavy atom. The molecule has 6 heteroatoms. The molecule has 1 N–H and O–H groups in total. The molecule has 126 valence electrons. The van der Waals surface area contributed by atoms with Crippen molar-refractivity contribution in [2.75, 3.05) is 5.88 Å². The summed E-state index contributed by atoms with van der Waals surface area (Å²) in [4.78, 5) is 11.8. The fourth-order valence-corrected chi connectivity index (χ4v) is 2.57. The first-order valence-corrected chi connectivity index (χ1v) is 8.44. The highest BCUT2D eigenvalue weighted by molar-refractivity contribution is 6.48. The molecule has 1 aliphatic rings. The van der Waals surface area contributed by atoms with Gasteiger partial charge in [-0.3, -0.25) is 4.79 Å². The van der Waals surface area contributed by atoms with Gasteiger partial charge in [0.05, 0.1) is 17.1 Å². The van der Waals surface area contributed by atoms with Gasteiger partial charge in [0, 0.05) is 0 Å². The van der Waals surface area contributed by atoms with E-state index >= 15 is 0 Å². The summed E-state index contributed by atoms with van der Waals surface area (Å²) < 4.78 is 12.2. The Labute approximate surface area is 144 Å². The summed E-state index contributed by atoms with van der Waals surface area (Å²) in [6.45, 7) is 10.0. The normalized spacial score (nSPS) is 20.3. The molecular weight excluding hydrogens is 312 g/mol. The molecule has 1 fully saturated rings. The minimum Gasteiger partial charge on any atom is -0.402 e. The molecule has 4 nitrogen and oxygen atoms in total. The van der Waals surface area contributed by atoms with E-state index < -0.39 is 18.3 Å². The topological polar surface area (TPSA) is 47.6 Å². The molecule has 1 aromatic carbocycles. The van der Waals surface area contributed by atoms with Crippen LogP contribution >= 0.6 is 11.6 Å². The Balaban J connectivity index is 2.18. The molecule has 0 radical (unpaired) electrons. The summed E-state index contributed by atoms with van der Waals surface area (Å²) >= 11 is 5.64. The lowest BCUT2D eigenvalue weighted by Crippen LogP contribution is -2.49. The molecule has 1 aliphatic heterocycles. The molecule has 1 atom stereocenters. The number of amides is 1. The van der Waals surface area contributed by atoms with Crippen LogP contribution in [0.5, 0.6) is 0 Å². The van der Waals surface area contributed by atoms with E-state index in [2.05, 4.69) is 29.6 Å². The minimum absolute atomic E-state index is 0.0795. The summed E-state index contributed by atoms with van der Waals surface area (Å²) in [5, 5.41) is 2.93. The number of halogens is 1. The Kier molecular flexibility index (Phi) is 5.44. The molecule has 1 amide bonds. The van der Waals surface area contributed by atoms with Crippen molar-refractivity contribution in [2.24, 2.45) is 0 Å². The van der Waals surface area contributed by atoms with Crippen molar-refractivity contribution in [2.45, 2.75) is 58.2 Å². The van der Waals surface area contributed by atoms with Crippen LogP contribution in [0, 0.1) is 6.92 Å². The molecule has 0 bridgehead atoms. The maximum Gasteiger partial charge on any atom is 0.482 e. The zero-order chi connectivity index (χ0) is 17.3. The van der Waals surface area contributed by atoms with Gasteiger partial charge in [-0.25, -0.2) is 0 Å². The van der Waals surface area contributed by atoms with E-state index in [0.717, 1.165) is 5.56 Å². The third-order valence-electron chi connectivity index (χ3n) is 4.64. The zero-order valence-corrected chi connectivity index (χ0v) is 15.2. The van der Waals surface area contributed by atoms with Crippen molar-refractivity contribution in [3.05, 3.63) is 35.4 Å². The van der Waals surface area contributed by atoms with Gasteiger partial charge in [-0.2, -0.15) is 0 Å². The Hall–Kier alpha value is -1.04. The minimum atomic E-state index is -0.506. The van der Waals surface area contributed by atoms with E-state index in [9.17, 15) is 4.79 Å². The molecule has 2 rings (SSSR count). The molecular formula is C17H25BClNO3. The number of rotatable bonds is 5. The van der Waals surface area contributed by atoms with Gasteiger partial charge in [-0.1, -0.05) is 29.8 Å². The summed E-state index contributed by atoms with van der Waals surface area (Å²) in [6, 6.07) is 8.22. The highest BCUT2D eigenvalue weighted by atomic mass is 35.5. The van der Waals surface area contributed by atoms with Crippen molar-refractivity contribution in [1.29, 1.82) is 0 Å². The van der Waals surface area contributed by atoms with Crippen molar-refractivity contribution in [3.63, 3.8) is 0 Å². The second-order valence-corrected chi connectivity index (χ2v) is 7.39. The highest BCUT2D eigenvalue weighted by Gasteiger charge is 2.54. The Morgan fingerprint density at radius 3 is 2.17 bits per heavy atom. The zero-order valence-electron chi connectivity index (χ0n) is 14.5. The summed E-state index contributed by atoms with van der Waals surface area (Å²) in [7, 11) is -0.506. The first kappa shape index (κ1) is 18.3. The molecule has 1 aromatic rings. The van der Waals surface area contributed by atoms with Gasteiger partial charge in [0.25, 0.3) is 0 Å². The van der Waals surface area contributed by atoms with Gasteiger partial charge in [0.15, 0.2) is 0 Å². The first-order chi connectivity index (χ1) is 10.6. The number of aryl methyl sites for hydroxylation is 1. The monoisotopic (exact) mass is 337 g/mol. The summed E-state index contributed by atoms with van der Waals surface area (Å²) in [5.74, 6) is -0.590. The molecule has 0 saturated carbocycles. The molecule has 23 heavy (non-hydrogen) atoms. The number of carbonyl (C=O) groups is 1. The lowest BCUT2D eigenvalue weighted by Gasteiger charge is -2.32. The van der Waals surface area contributed by atoms with Gasteiger partial charge in [-0.05, 0) is 46.6 Å². The average molecular weight is 338 g/mol. The van der Waals surface area contributed by atoms with Crippen molar-refractivity contribution in [1.82, 2.24) is 5.32 Å². The van der Waals surface area contributed by atoms with Gasteiger partial charge >= 0.3 is 7.12 Å². The molecule has 0 unspecified atom stereocenters.